The van der Waals surface area contributed by atoms with Crippen LogP contribution in [0.15, 0.2) is 30.5 Å². The Hall–Kier alpha value is -2.94. The zero-order chi connectivity index (χ0) is 23.2. The number of carbonyl (C=O) groups is 1. The Kier molecular flexibility index (Phi) is 7.78. The van der Waals surface area contributed by atoms with Crippen molar-refractivity contribution in [2.24, 2.45) is 5.41 Å². The summed E-state index contributed by atoms with van der Waals surface area (Å²) in [4.78, 5) is 20.4. The molecule has 2 aromatic rings. The summed E-state index contributed by atoms with van der Waals surface area (Å²) in [5.41, 5.74) is 0.597. The number of urea groups is 1. The van der Waals surface area contributed by atoms with Gasteiger partial charge in [0.2, 0.25) is 5.95 Å². The van der Waals surface area contributed by atoms with E-state index in [9.17, 15) is 14.3 Å². The van der Waals surface area contributed by atoms with Crippen LogP contribution in [0.25, 0.3) is 0 Å². The normalized spacial score (nSPS) is 12.8. The van der Waals surface area contributed by atoms with Crippen LogP contribution < -0.4 is 21.3 Å². The number of aliphatic hydroxyl groups excluding tert-OH is 1. The molecule has 0 aliphatic rings. The van der Waals surface area contributed by atoms with E-state index in [2.05, 4.69) is 31.2 Å². The largest absolute Gasteiger partial charge is 0.394 e. The maximum atomic E-state index is 14.2. The van der Waals surface area contributed by atoms with Crippen LogP contribution in [0, 0.1) is 11.2 Å². The van der Waals surface area contributed by atoms with Crippen molar-refractivity contribution < 1.29 is 14.3 Å². The molecule has 0 bridgehead atoms. The predicted octanol–water partition coefficient (Wildman–Crippen LogP) is 4.49. The molecule has 0 fully saturated rings. The maximum Gasteiger partial charge on any atom is 0.319 e. The summed E-state index contributed by atoms with van der Waals surface area (Å²) in [6.07, 6.45) is 1.86. The highest BCUT2D eigenvalue weighted by molar-refractivity contribution is 5.90. The lowest BCUT2D eigenvalue weighted by Crippen LogP contribution is -2.45. The number of nitrogens with zero attached hydrogens (tertiary/aromatic N) is 2. The molecule has 1 heterocycles. The van der Waals surface area contributed by atoms with E-state index in [1.807, 2.05) is 41.5 Å². The third-order valence-electron chi connectivity index (χ3n) is 5.00. The topological polar surface area (TPSA) is 111 Å². The fourth-order valence-electron chi connectivity index (χ4n) is 2.59. The zero-order valence-corrected chi connectivity index (χ0v) is 19.0. The van der Waals surface area contributed by atoms with Gasteiger partial charge in [-0.25, -0.2) is 14.2 Å². The van der Waals surface area contributed by atoms with Crippen molar-refractivity contribution in [3.8, 4) is 0 Å². The van der Waals surface area contributed by atoms with Crippen LogP contribution in [0.1, 0.15) is 48.0 Å². The van der Waals surface area contributed by atoms with Crippen LogP contribution in [0.2, 0.25) is 0 Å². The average Bonchev–Trinajstić information content (AvgIpc) is 2.67. The molecule has 0 aliphatic heterocycles. The lowest BCUT2D eigenvalue weighted by atomic mass is 9.87. The Labute approximate surface area is 183 Å². The molecule has 170 valence electrons. The molecule has 9 heteroatoms. The van der Waals surface area contributed by atoms with Crippen molar-refractivity contribution in [2.75, 3.05) is 22.6 Å². The van der Waals surface area contributed by atoms with Crippen molar-refractivity contribution in [1.82, 2.24) is 15.3 Å². The lowest BCUT2D eigenvalue weighted by Gasteiger charge is -2.30. The molecule has 0 spiro atoms. The second-order valence-corrected chi connectivity index (χ2v) is 9.16. The number of nitrogens with one attached hydrogen (secondary N) is 4. The summed E-state index contributed by atoms with van der Waals surface area (Å²) >= 11 is 0. The van der Waals surface area contributed by atoms with E-state index in [-0.39, 0.29) is 41.4 Å². The van der Waals surface area contributed by atoms with Gasteiger partial charge in [-0.15, -0.1) is 0 Å². The molecule has 2 rings (SSSR count). The van der Waals surface area contributed by atoms with E-state index in [0.717, 1.165) is 12.6 Å². The second kappa shape index (κ2) is 9.91. The predicted molar refractivity (Wildman–Crippen MR) is 122 cm³/mol. The van der Waals surface area contributed by atoms with Crippen molar-refractivity contribution >= 4 is 29.2 Å². The van der Waals surface area contributed by atoms with E-state index in [1.165, 1.54) is 0 Å². The first-order valence-corrected chi connectivity index (χ1v) is 10.3. The van der Waals surface area contributed by atoms with Crippen LogP contribution in [0.5, 0.6) is 0 Å². The van der Waals surface area contributed by atoms with E-state index in [4.69, 9.17) is 0 Å². The quantitative estimate of drug-likeness (QED) is 0.420. The molecule has 8 nitrogen and oxygen atoms in total. The Bertz CT molecular complexity index is 898. The summed E-state index contributed by atoms with van der Waals surface area (Å²) in [6.45, 7) is 11.5. The first-order valence-electron chi connectivity index (χ1n) is 10.3. The summed E-state index contributed by atoms with van der Waals surface area (Å²) < 4.78 is 14.2. The number of rotatable bonds is 8. The van der Waals surface area contributed by atoms with Gasteiger partial charge in [-0.2, -0.15) is 4.98 Å². The summed E-state index contributed by atoms with van der Waals surface area (Å²) in [6, 6.07) is 6.35. The molecule has 0 radical (unpaired) electrons. The van der Waals surface area contributed by atoms with Crippen LogP contribution >= 0.6 is 0 Å². The Balaban J connectivity index is 2.13. The van der Waals surface area contributed by atoms with Gasteiger partial charge in [0.25, 0.3) is 0 Å². The molecular weight excluding hydrogens is 399 g/mol. The molecule has 2 amide bonds. The molecule has 1 aromatic heterocycles. The Morgan fingerprint density at radius 3 is 2.48 bits per heavy atom. The zero-order valence-electron chi connectivity index (χ0n) is 19.0. The Morgan fingerprint density at radius 2 is 1.87 bits per heavy atom. The van der Waals surface area contributed by atoms with Crippen LogP contribution in [-0.2, 0) is 0 Å². The van der Waals surface area contributed by atoms with Gasteiger partial charge in [-0.1, -0.05) is 33.8 Å². The highest BCUT2D eigenvalue weighted by Gasteiger charge is 2.25. The Morgan fingerprint density at radius 1 is 1.19 bits per heavy atom. The monoisotopic (exact) mass is 432 g/mol. The van der Waals surface area contributed by atoms with Crippen LogP contribution in [-0.4, -0.2) is 39.3 Å². The van der Waals surface area contributed by atoms with Gasteiger partial charge in [0, 0.05) is 16.9 Å². The van der Waals surface area contributed by atoms with Crippen molar-refractivity contribution in [3.05, 3.63) is 36.3 Å². The molecule has 0 saturated heterocycles. The summed E-state index contributed by atoms with van der Waals surface area (Å²) in [5, 5.41) is 21.3. The van der Waals surface area contributed by atoms with Gasteiger partial charge in [0.15, 0.2) is 11.6 Å². The molecule has 0 aliphatic carbocycles. The fourth-order valence-corrected chi connectivity index (χ4v) is 2.59. The first kappa shape index (κ1) is 24.3. The third-order valence-corrected chi connectivity index (χ3v) is 5.00. The molecule has 1 aromatic carbocycles. The minimum Gasteiger partial charge on any atom is -0.394 e. The van der Waals surface area contributed by atoms with Crippen LogP contribution in [0.4, 0.5) is 32.3 Å². The summed E-state index contributed by atoms with van der Waals surface area (Å²) in [7, 11) is 0. The average molecular weight is 433 g/mol. The van der Waals surface area contributed by atoms with Crippen molar-refractivity contribution in [2.45, 2.75) is 59.5 Å². The van der Waals surface area contributed by atoms with Gasteiger partial charge in [0.1, 0.15) is 0 Å². The maximum absolute atomic E-state index is 14.2. The minimum atomic E-state index is -0.612. The molecular formula is C22H33FN6O2. The van der Waals surface area contributed by atoms with Gasteiger partial charge >= 0.3 is 6.03 Å². The minimum absolute atomic E-state index is 0.00179. The highest BCUT2D eigenvalue weighted by Crippen LogP contribution is 2.25. The summed E-state index contributed by atoms with van der Waals surface area (Å²) in [5.74, 6) is -0.427. The van der Waals surface area contributed by atoms with Crippen molar-refractivity contribution in [3.63, 3.8) is 0 Å². The van der Waals surface area contributed by atoms with Gasteiger partial charge in [0.05, 0.1) is 18.8 Å². The molecule has 5 N–H and O–H groups in total. The van der Waals surface area contributed by atoms with Gasteiger partial charge < -0.3 is 26.4 Å². The number of aromatic nitrogens is 2. The number of anilines is 4. The third kappa shape index (κ3) is 7.36. The highest BCUT2D eigenvalue weighted by atomic mass is 19.1. The first-order chi connectivity index (χ1) is 14.4. The van der Waals surface area contributed by atoms with Gasteiger partial charge in [-0.05, 0) is 43.9 Å². The van der Waals surface area contributed by atoms with Crippen molar-refractivity contribution in [1.29, 1.82) is 0 Å². The number of benzene rings is 1. The smallest absolute Gasteiger partial charge is 0.319 e. The number of carbonyl (C=O) groups excluding carboxylic acids is 1. The lowest BCUT2D eigenvalue weighted by molar-refractivity contribution is 0.201. The number of hydrogen-bond donors (Lipinski definition) is 5. The number of hydrogen-bond acceptors (Lipinski definition) is 6. The van der Waals surface area contributed by atoms with E-state index >= 15 is 0 Å². The molecule has 31 heavy (non-hydrogen) atoms. The van der Waals surface area contributed by atoms with E-state index in [1.54, 1.807) is 24.3 Å². The SMILES string of the molecule is CCC(C)(C)NC(=O)Nc1cccc(Nc2ncc(F)c(N[C@H](CO)C(C)(C)C)n2)c1. The standard InChI is InChI=1S/C22H33FN6O2/c1-7-22(5,6)29-20(31)26-15-10-8-9-14(11-15)25-19-24-12-16(23)18(28-19)27-17(13-30)21(2,3)4/h8-12,17,30H,7,13H2,1-6H3,(H2,26,29,31)(H2,24,25,27,28)/t17-/m1/s1. The number of amides is 2. The number of aliphatic hydroxyl groups is 1. The molecule has 0 unspecified atom stereocenters. The fraction of sp³-hybridized carbons (Fsp3) is 0.500. The van der Waals surface area contributed by atoms with Gasteiger partial charge in [-0.3, -0.25) is 0 Å². The van der Waals surface area contributed by atoms with E-state index in [0.29, 0.717) is 11.4 Å². The molecule has 1 atom stereocenters. The molecule has 0 saturated carbocycles. The number of halogens is 1. The second-order valence-electron chi connectivity index (χ2n) is 9.16. The van der Waals surface area contributed by atoms with E-state index < -0.39 is 5.82 Å². The van der Waals surface area contributed by atoms with Crippen LogP contribution in [0.3, 0.4) is 0 Å².